The first-order chi connectivity index (χ1) is 9.29. The molecule has 0 aliphatic carbocycles. The van der Waals surface area contributed by atoms with E-state index < -0.39 is 21.6 Å². The molecule has 0 aliphatic heterocycles. The molecule has 0 aliphatic rings. The summed E-state index contributed by atoms with van der Waals surface area (Å²) in [7, 11) is -3.38. The van der Waals surface area contributed by atoms with E-state index in [4.69, 9.17) is 5.11 Å². The summed E-state index contributed by atoms with van der Waals surface area (Å²) in [5.74, 6) is -1.93. The van der Waals surface area contributed by atoms with Gasteiger partial charge in [-0.25, -0.2) is 17.6 Å². The van der Waals surface area contributed by atoms with Crippen LogP contribution in [-0.4, -0.2) is 25.7 Å². The average Bonchev–Trinajstić information content (AvgIpc) is 2.37. The highest BCUT2D eigenvalue weighted by atomic mass is 32.2. The summed E-state index contributed by atoms with van der Waals surface area (Å²) in [5, 5.41) is 8.78. The fourth-order valence-electron chi connectivity index (χ4n) is 1.78. The third-order valence-corrected chi connectivity index (χ3v) is 3.90. The van der Waals surface area contributed by atoms with Gasteiger partial charge in [-0.15, -0.1) is 0 Å². The minimum Gasteiger partial charge on any atom is -0.478 e. The van der Waals surface area contributed by atoms with Crippen LogP contribution in [0.25, 0.3) is 11.1 Å². The number of carboxylic acids is 1. The van der Waals surface area contributed by atoms with Gasteiger partial charge in [0.1, 0.15) is 5.82 Å². The molecule has 2 rings (SSSR count). The fourth-order valence-corrected chi connectivity index (χ4v) is 2.44. The molecule has 0 bridgehead atoms. The lowest BCUT2D eigenvalue weighted by Gasteiger charge is -2.06. The van der Waals surface area contributed by atoms with Crippen molar-refractivity contribution in [3.8, 4) is 11.1 Å². The second-order valence-corrected chi connectivity index (χ2v) is 6.32. The highest BCUT2D eigenvalue weighted by molar-refractivity contribution is 7.90. The van der Waals surface area contributed by atoms with E-state index in [1.54, 1.807) is 6.07 Å². The Bertz CT molecular complexity index is 782. The van der Waals surface area contributed by atoms with Gasteiger partial charge in [0.05, 0.1) is 10.5 Å². The molecule has 0 aromatic heterocycles. The highest BCUT2D eigenvalue weighted by Gasteiger charge is 2.12. The monoisotopic (exact) mass is 294 g/mol. The van der Waals surface area contributed by atoms with E-state index in [2.05, 4.69) is 0 Å². The molecule has 0 heterocycles. The van der Waals surface area contributed by atoms with Crippen LogP contribution in [-0.2, 0) is 9.84 Å². The zero-order valence-electron chi connectivity index (χ0n) is 10.5. The molecule has 0 atom stereocenters. The van der Waals surface area contributed by atoms with Crippen molar-refractivity contribution < 1.29 is 22.7 Å². The van der Waals surface area contributed by atoms with Crippen molar-refractivity contribution in [2.24, 2.45) is 0 Å². The zero-order chi connectivity index (χ0) is 14.9. The van der Waals surface area contributed by atoms with Gasteiger partial charge in [-0.05, 0) is 29.8 Å². The second-order valence-electron chi connectivity index (χ2n) is 4.30. The molecular formula is C14H11FO4S. The molecule has 0 spiro atoms. The van der Waals surface area contributed by atoms with Crippen LogP contribution in [0.1, 0.15) is 10.4 Å². The highest BCUT2D eigenvalue weighted by Crippen LogP contribution is 2.26. The van der Waals surface area contributed by atoms with Crippen molar-refractivity contribution in [2.45, 2.75) is 4.90 Å². The van der Waals surface area contributed by atoms with Crippen LogP contribution in [0.5, 0.6) is 0 Å². The number of aromatic carboxylic acids is 1. The van der Waals surface area contributed by atoms with E-state index in [0.717, 1.165) is 12.3 Å². The van der Waals surface area contributed by atoms with Crippen molar-refractivity contribution in [3.05, 3.63) is 53.8 Å². The molecule has 0 unspecified atom stereocenters. The van der Waals surface area contributed by atoms with Gasteiger partial charge in [0.2, 0.25) is 0 Å². The first-order valence-electron chi connectivity index (χ1n) is 5.62. The summed E-state index contributed by atoms with van der Waals surface area (Å²) in [4.78, 5) is 10.8. The van der Waals surface area contributed by atoms with Crippen molar-refractivity contribution in [3.63, 3.8) is 0 Å². The summed E-state index contributed by atoms with van der Waals surface area (Å²) in [6, 6.07) is 9.35. The quantitative estimate of drug-likeness (QED) is 0.944. The number of sulfone groups is 1. The molecule has 6 heteroatoms. The third kappa shape index (κ3) is 2.85. The molecule has 0 fully saturated rings. The van der Waals surface area contributed by atoms with Crippen molar-refractivity contribution in [2.75, 3.05) is 6.26 Å². The summed E-state index contributed by atoms with van der Waals surface area (Å²) >= 11 is 0. The number of hydrogen-bond donors (Lipinski definition) is 1. The number of benzene rings is 2. The lowest BCUT2D eigenvalue weighted by Crippen LogP contribution is -1.99. The molecule has 0 saturated carbocycles. The van der Waals surface area contributed by atoms with Gasteiger partial charge in [0, 0.05) is 11.8 Å². The van der Waals surface area contributed by atoms with Crippen LogP contribution in [0, 0.1) is 5.82 Å². The van der Waals surface area contributed by atoms with Crippen molar-refractivity contribution >= 4 is 15.8 Å². The molecule has 2 aromatic rings. The van der Waals surface area contributed by atoms with Gasteiger partial charge in [0.15, 0.2) is 9.84 Å². The molecule has 2 aromatic carbocycles. The van der Waals surface area contributed by atoms with Crippen molar-refractivity contribution in [1.29, 1.82) is 0 Å². The number of halogens is 1. The van der Waals surface area contributed by atoms with E-state index in [1.807, 2.05) is 0 Å². The summed E-state index contributed by atoms with van der Waals surface area (Å²) in [6.07, 6.45) is 1.07. The Hall–Kier alpha value is -2.21. The maximum Gasteiger partial charge on any atom is 0.335 e. The number of hydrogen-bond acceptors (Lipinski definition) is 3. The molecule has 20 heavy (non-hydrogen) atoms. The number of rotatable bonds is 3. The zero-order valence-corrected chi connectivity index (χ0v) is 11.3. The van der Waals surface area contributed by atoms with E-state index in [9.17, 15) is 17.6 Å². The Morgan fingerprint density at radius 1 is 1.15 bits per heavy atom. The first kappa shape index (κ1) is 14.2. The van der Waals surface area contributed by atoms with E-state index >= 15 is 0 Å². The minimum atomic E-state index is -3.38. The Balaban J connectivity index is 2.55. The molecular weight excluding hydrogens is 283 g/mol. The Labute approximate surface area is 115 Å². The van der Waals surface area contributed by atoms with Gasteiger partial charge < -0.3 is 5.11 Å². The lowest BCUT2D eigenvalue weighted by atomic mass is 10.0. The van der Waals surface area contributed by atoms with Gasteiger partial charge >= 0.3 is 5.97 Å². The smallest absolute Gasteiger partial charge is 0.335 e. The average molecular weight is 294 g/mol. The fraction of sp³-hybridized carbons (Fsp3) is 0.0714. The van der Waals surface area contributed by atoms with Crippen molar-refractivity contribution in [1.82, 2.24) is 0 Å². The summed E-state index contributed by atoms with van der Waals surface area (Å²) in [5.41, 5.74) is 0.369. The van der Waals surface area contributed by atoms with Gasteiger partial charge in [0.25, 0.3) is 0 Å². The predicted molar refractivity (Wildman–Crippen MR) is 71.9 cm³/mol. The van der Waals surface area contributed by atoms with Crippen LogP contribution < -0.4 is 0 Å². The molecule has 0 saturated heterocycles. The van der Waals surface area contributed by atoms with Crippen LogP contribution >= 0.6 is 0 Å². The Morgan fingerprint density at radius 2 is 1.85 bits per heavy atom. The largest absolute Gasteiger partial charge is 0.478 e. The van der Waals surface area contributed by atoms with Crippen LogP contribution in [0.2, 0.25) is 0 Å². The molecule has 0 radical (unpaired) electrons. The molecule has 1 N–H and O–H groups in total. The van der Waals surface area contributed by atoms with Gasteiger partial charge in [-0.3, -0.25) is 0 Å². The minimum absolute atomic E-state index is 0.0803. The maximum atomic E-state index is 13.9. The molecule has 4 nitrogen and oxygen atoms in total. The summed E-state index contributed by atoms with van der Waals surface area (Å²) < 4.78 is 36.9. The first-order valence-corrected chi connectivity index (χ1v) is 7.51. The Morgan fingerprint density at radius 3 is 2.40 bits per heavy atom. The predicted octanol–water partition coefficient (Wildman–Crippen LogP) is 2.59. The third-order valence-electron chi connectivity index (χ3n) is 2.79. The van der Waals surface area contributed by atoms with Crippen LogP contribution in [0.15, 0.2) is 47.4 Å². The van der Waals surface area contributed by atoms with E-state index in [1.165, 1.54) is 30.3 Å². The van der Waals surface area contributed by atoms with Crippen LogP contribution in [0.4, 0.5) is 4.39 Å². The molecule has 0 amide bonds. The van der Waals surface area contributed by atoms with E-state index in [0.29, 0.717) is 5.56 Å². The lowest BCUT2D eigenvalue weighted by molar-refractivity contribution is 0.0696. The number of carboxylic acid groups (broad SMARTS) is 1. The Kier molecular flexibility index (Phi) is 3.59. The maximum absolute atomic E-state index is 13.9. The number of carbonyl (C=O) groups is 1. The van der Waals surface area contributed by atoms with Crippen LogP contribution in [0.3, 0.4) is 0 Å². The SMILES string of the molecule is CS(=O)(=O)c1cccc(-c2ccc(C(=O)O)cc2F)c1. The van der Waals surface area contributed by atoms with Gasteiger partial charge in [-0.2, -0.15) is 0 Å². The normalized spacial score (nSPS) is 11.3. The summed E-state index contributed by atoms with van der Waals surface area (Å²) in [6.45, 7) is 0. The van der Waals surface area contributed by atoms with E-state index in [-0.39, 0.29) is 16.0 Å². The topological polar surface area (TPSA) is 71.4 Å². The van der Waals surface area contributed by atoms with Gasteiger partial charge in [-0.1, -0.05) is 18.2 Å². The molecule has 104 valence electrons. The standard InChI is InChI=1S/C14H11FO4S/c1-20(18,19)11-4-2-3-9(7-11)12-6-5-10(14(16)17)8-13(12)15/h2-8H,1H3,(H,16,17). The second kappa shape index (κ2) is 5.05.